The Balaban J connectivity index is 2.65. The fourth-order valence-electron chi connectivity index (χ4n) is 1.57. The second kappa shape index (κ2) is 5.41. The summed E-state index contributed by atoms with van der Waals surface area (Å²) in [6.07, 6.45) is 0. The van der Waals surface area contributed by atoms with Crippen LogP contribution >= 0.6 is 34.8 Å². The van der Waals surface area contributed by atoms with Gasteiger partial charge in [0.15, 0.2) is 0 Å². The number of halogens is 4. The highest BCUT2D eigenvalue weighted by Gasteiger charge is 2.13. The van der Waals surface area contributed by atoms with E-state index >= 15 is 0 Å². The summed E-state index contributed by atoms with van der Waals surface area (Å²) < 4.78 is 13.0. The molecule has 0 spiro atoms. The number of aliphatic hydroxyl groups is 1. The van der Waals surface area contributed by atoms with Crippen LogP contribution in [0.25, 0.3) is 11.1 Å². The van der Waals surface area contributed by atoms with Crippen LogP contribution in [0, 0.1) is 5.95 Å². The molecule has 1 aromatic carbocycles. The lowest BCUT2D eigenvalue weighted by Gasteiger charge is -2.10. The lowest BCUT2D eigenvalue weighted by molar-refractivity contribution is 0.275. The van der Waals surface area contributed by atoms with Crippen molar-refractivity contribution in [2.24, 2.45) is 0 Å². The molecule has 2 rings (SSSR count). The molecule has 0 unspecified atom stereocenters. The quantitative estimate of drug-likeness (QED) is 0.661. The van der Waals surface area contributed by atoms with Crippen LogP contribution in [0.15, 0.2) is 24.3 Å². The number of pyridine rings is 1. The summed E-state index contributed by atoms with van der Waals surface area (Å²) in [6, 6.07) is 5.72. The Morgan fingerprint density at radius 3 is 2.33 bits per heavy atom. The largest absolute Gasteiger partial charge is 0.390 e. The fraction of sp³-hybridized carbons (Fsp3) is 0.0833. The maximum Gasteiger partial charge on any atom is 0.213 e. The highest BCUT2D eigenvalue weighted by atomic mass is 35.5. The van der Waals surface area contributed by atoms with Crippen LogP contribution in [0.3, 0.4) is 0 Å². The smallest absolute Gasteiger partial charge is 0.213 e. The molecule has 0 aliphatic carbocycles. The van der Waals surface area contributed by atoms with Crippen molar-refractivity contribution in [2.45, 2.75) is 6.61 Å². The molecule has 0 saturated carbocycles. The minimum absolute atomic E-state index is 0.190. The van der Waals surface area contributed by atoms with Gasteiger partial charge in [-0.25, -0.2) is 4.98 Å². The Labute approximate surface area is 118 Å². The molecule has 94 valence electrons. The summed E-state index contributed by atoms with van der Waals surface area (Å²) in [5.74, 6) is -0.668. The van der Waals surface area contributed by atoms with Crippen LogP contribution in [0.5, 0.6) is 0 Å². The van der Waals surface area contributed by atoms with E-state index in [4.69, 9.17) is 34.8 Å². The molecule has 0 fully saturated rings. The van der Waals surface area contributed by atoms with E-state index in [2.05, 4.69) is 4.98 Å². The van der Waals surface area contributed by atoms with Crippen LogP contribution in [0.1, 0.15) is 5.69 Å². The number of hydrogen-bond acceptors (Lipinski definition) is 2. The van der Waals surface area contributed by atoms with Crippen molar-refractivity contribution in [3.63, 3.8) is 0 Å². The highest BCUT2D eigenvalue weighted by molar-refractivity contribution is 6.44. The summed E-state index contributed by atoms with van der Waals surface area (Å²) in [5.41, 5.74) is 1.25. The second-order valence-corrected chi connectivity index (χ2v) is 4.75. The van der Waals surface area contributed by atoms with Gasteiger partial charge in [-0.05, 0) is 24.3 Å². The third kappa shape index (κ3) is 2.59. The zero-order valence-electron chi connectivity index (χ0n) is 8.92. The van der Waals surface area contributed by atoms with Crippen molar-refractivity contribution in [3.05, 3.63) is 51.0 Å². The summed E-state index contributed by atoms with van der Waals surface area (Å²) in [7, 11) is 0. The first-order valence-corrected chi connectivity index (χ1v) is 6.07. The Morgan fingerprint density at radius 1 is 1.00 bits per heavy atom. The van der Waals surface area contributed by atoms with E-state index < -0.39 is 12.6 Å². The van der Waals surface area contributed by atoms with Gasteiger partial charge < -0.3 is 5.11 Å². The van der Waals surface area contributed by atoms with Gasteiger partial charge in [-0.3, -0.25) is 0 Å². The Kier molecular flexibility index (Phi) is 4.07. The Bertz CT molecular complexity index is 604. The predicted octanol–water partition coefficient (Wildman–Crippen LogP) is 4.34. The van der Waals surface area contributed by atoms with Gasteiger partial charge in [0, 0.05) is 11.1 Å². The maximum absolute atomic E-state index is 13.0. The third-order valence-corrected chi connectivity index (χ3v) is 3.42. The number of aromatic nitrogens is 1. The fourth-order valence-corrected chi connectivity index (χ4v) is 2.22. The zero-order chi connectivity index (χ0) is 13.3. The van der Waals surface area contributed by atoms with Crippen molar-refractivity contribution in [3.8, 4) is 11.1 Å². The second-order valence-electron chi connectivity index (χ2n) is 3.53. The van der Waals surface area contributed by atoms with Crippen molar-refractivity contribution in [2.75, 3.05) is 0 Å². The van der Waals surface area contributed by atoms with E-state index in [1.807, 2.05) is 0 Å². The summed E-state index contributed by atoms with van der Waals surface area (Å²) in [6.45, 7) is -0.399. The summed E-state index contributed by atoms with van der Waals surface area (Å²) >= 11 is 17.8. The van der Waals surface area contributed by atoms with Crippen molar-refractivity contribution >= 4 is 34.8 Å². The third-order valence-electron chi connectivity index (χ3n) is 2.39. The maximum atomic E-state index is 13.0. The van der Waals surface area contributed by atoms with Gasteiger partial charge in [0.2, 0.25) is 5.95 Å². The molecule has 0 atom stereocenters. The monoisotopic (exact) mass is 305 g/mol. The molecule has 0 aliphatic heterocycles. The minimum Gasteiger partial charge on any atom is -0.390 e. The predicted molar refractivity (Wildman–Crippen MR) is 70.6 cm³/mol. The van der Waals surface area contributed by atoms with Crippen molar-refractivity contribution < 1.29 is 9.50 Å². The highest BCUT2D eigenvalue weighted by Crippen LogP contribution is 2.36. The summed E-state index contributed by atoms with van der Waals surface area (Å²) in [5, 5.41) is 10.2. The lowest BCUT2D eigenvalue weighted by Crippen LogP contribution is -1.97. The molecule has 0 saturated heterocycles. The molecule has 18 heavy (non-hydrogen) atoms. The molecule has 1 N–H and O–H groups in total. The van der Waals surface area contributed by atoms with Crippen LogP contribution < -0.4 is 0 Å². The molecular weight excluding hydrogens is 299 g/mol. The molecule has 1 aromatic heterocycles. The molecule has 0 radical (unpaired) electrons. The molecule has 6 heteroatoms. The minimum atomic E-state index is -0.668. The molecule has 2 aromatic rings. The van der Waals surface area contributed by atoms with Gasteiger partial charge >= 0.3 is 0 Å². The molecule has 0 aliphatic rings. The molecule has 0 bridgehead atoms. The van der Waals surface area contributed by atoms with E-state index in [9.17, 15) is 9.50 Å². The first-order chi connectivity index (χ1) is 8.52. The number of benzene rings is 1. The van der Waals surface area contributed by atoms with Crippen LogP contribution in [0.2, 0.25) is 15.1 Å². The van der Waals surface area contributed by atoms with Gasteiger partial charge in [-0.15, -0.1) is 0 Å². The Morgan fingerprint density at radius 2 is 1.67 bits per heavy atom. The lowest BCUT2D eigenvalue weighted by atomic mass is 10.0. The van der Waals surface area contributed by atoms with Crippen LogP contribution in [0.4, 0.5) is 4.39 Å². The zero-order valence-corrected chi connectivity index (χ0v) is 11.2. The normalized spacial score (nSPS) is 10.7. The average molecular weight is 307 g/mol. The van der Waals surface area contributed by atoms with Gasteiger partial charge in [-0.1, -0.05) is 34.8 Å². The van der Waals surface area contributed by atoms with Gasteiger partial charge in [0.1, 0.15) is 0 Å². The number of aliphatic hydroxyl groups excluding tert-OH is 1. The average Bonchev–Trinajstić information content (AvgIpc) is 2.34. The van der Waals surface area contributed by atoms with E-state index in [-0.39, 0.29) is 5.69 Å². The number of hydrogen-bond donors (Lipinski definition) is 1. The molecular formula is C12H7Cl3FNO. The van der Waals surface area contributed by atoms with Gasteiger partial charge in [0.05, 0.1) is 27.4 Å². The van der Waals surface area contributed by atoms with Crippen LogP contribution in [-0.2, 0) is 6.61 Å². The van der Waals surface area contributed by atoms with Crippen LogP contribution in [-0.4, -0.2) is 10.1 Å². The molecule has 0 amide bonds. The van der Waals surface area contributed by atoms with E-state index in [0.29, 0.717) is 26.2 Å². The van der Waals surface area contributed by atoms with Gasteiger partial charge in [-0.2, -0.15) is 4.39 Å². The number of rotatable bonds is 2. The van der Waals surface area contributed by atoms with E-state index in [1.54, 1.807) is 6.07 Å². The molecule has 1 heterocycles. The SMILES string of the molecule is OCc1nc(F)ccc1-c1cc(Cl)c(Cl)cc1Cl. The summed E-state index contributed by atoms with van der Waals surface area (Å²) in [4.78, 5) is 3.61. The topological polar surface area (TPSA) is 33.1 Å². The number of nitrogens with zero attached hydrogens (tertiary/aromatic N) is 1. The molecule has 2 nitrogen and oxygen atoms in total. The van der Waals surface area contributed by atoms with E-state index in [0.717, 1.165) is 0 Å². The van der Waals surface area contributed by atoms with Crippen molar-refractivity contribution in [1.82, 2.24) is 4.98 Å². The standard InChI is InChI=1S/C12H7Cl3FNO/c13-8-4-10(15)9(14)3-7(8)6-1-2-12(16)17-11(6)5-18/h1-4,18H,5H2. The van der Waals surface area contributed by atoms with Gasteiger partial charge in [0.25, 0.3) is 0 Å². The van der Waals surface area contributed by atoms with Crippen molar-refractivity contribution in [1.29, 1.82) is 0 Å². The van der Waals surface area contributed by atoms with E-state index in [1.165, 1.54) is 18.2 Å². The first kappa shape index (κ1) is 13.6. The Hall–Kier alpha value is -0.870. The first-order valence-electron chi connectivity index (χ1n) is 4.94.